The van der Waals surface area contributed by atoms with Gasteiger partial charge in [0.2, 0.25) is 10.0 Å². The van der Waals surface area contributed by atoms with E-state index in [1.54, 1.807) is 6.07 Å². The van der Waals surface area contributed by atoms with Crippen LogP contribution in [-0.2, 0) is 10.0 Å². The van der Waals surface area contributed by atoms with Crippen LogP contribution in [0.1, 0.15) is 20.3 Å². The SMILES string of the molecule is CC(C)N1CCC(Nc2ccccc2NS(C)(=O)=O)C1. The number of para-hydroxylation sites is 2. The van der Waals surface area contributed by atoms with Crippen LogP contribution in [-0.4, -0.2) is 44.7 Å². The Bertz CT molecular complexity index is 557. The van der Waals surface area contributed by atoms with Crippen molar-refractivity contribution in [3.8, 4) is 0 Å². The lowest BCUT2D eigenvalue weighted by atomic mass is 10.2. The maximum atomic E-state index is 11.4. The molecule has 1 aliphatic heterocycles. The Kier molecular flexibility index (Phi) is 4.55. The highest BCUT2D eigenvalue weighted by Gasteiger charge is 2.24. The van der Waals surface area contributed by atoms with E-state index in [0.717, 1.165) is 25.2 Å². The van der Waals surface area contributed by atoms with Gasteiger partial charge in [0.25, 0.3) is 0 Å². The van der Waals surface area contributed by atoms with Gasteiger partial charge >= 0.3 is 0 Å². The van der Waals surface area contributed by atoms with Crippen molar-refractivity contribution in [2.24, 2.45) is 0 Å². The molecule has 112 valence electrons. The summed E-state index contributed by atoms with van der Waals surface area (Å²) in [5.74, 6) is 0. The summed E-state index contributed by atoms with van der Waals surface area (Å²) in [4.78, 5) is 2.42. The van der Waals surface area contributed by atoms with Crippen LogP contribution in [0, 0.1) is 0 Å². The molecule has 0 saturated carbocycles. The molecule has 1 fully saturated rings. The van der Waals surface area contributed by atoms with Gasteiger partial charge in [-0.3, -0.25) is 9.62 Å². The van der Waals surface area contributed by atoms with Crippen molar-refractivity contribution in [1.82, 2.24) is 4.90 Å². The third-order valence-corrected chi connectivity index (χ3v) is 4.12. The number of hydrogen-bond donors (Lipinski definition) is 2. The van der Waals surface area contributed by atoms with Crippen LogP contribution in [0.5, 0.6) is 0 Å². The van der Waals surface area contributed by atoms with E-state index < -0.39 is 10.0 Å². The molecule has 1 atom stereocenters. The van der Waals surface area contributed by atoms with Crippen LogP contribution in [0.15, 0.2) is 24.3 Å². The molecule has 0 radical (unpaired) electrons. The van der Waals surface area contributed by atoms with Crippen LogP contribution >= 0.6 is 0 Å². The molecule has 0 amide bonds. The number of likely N-dealkylation sites (tertiary alicyclic amines) is 1. The lowest BCUT2D eigenvalue weighted by Crippen LogP contribution is -2.31. The summed E-state index contributed by atoms with van der Waals surface area (Å²) in [6.45, 7) is 6.46. The number of sulfonamides is 1. The number of benzene rings is 1. The summed E-state index contributed by atoms with van der Waals surface area (Å²) >= 11 is 0. The topological polar surface area (TPSA) is 61.4 Å². The summed E-state index contributed by atoms with van der Waals surface area (Å²) in [5.41, 5.74) is 1.45. The Labute approximate surface area is 121 Å². The summed E-state index contributed by atoms with van der Waals surface area (Å²) in [5, 5.41) is 3.45. The minimum Gasteiger partial charge on any atom is -0.379 e. The van der Waals surface area contributed by atoms with Crippen LogP contribution in [0.4, 0.5) is 11.4 Å². The average Bonchev–Trinajstić information content (AvgIpc) is 2.78. The number of anilines is 2. The summed E-state index contributed by atoms with van der Waals surface area (Å²) < 4.78 is 25.3. The standard InChI is InChI=1S/C14H23N3O2S/c1-11(2)17-9-8-12(10-17)15-13-6-4-5-7-14(13)16-20(3,18)19/h4-7,11-12,15-16H,8-10H2,1-3H3. The molecule has 1 aliphatic rings. The molecular formula is C14H23N3O2S. The first-order valence-electron chi connectivity index (χ1n) is 6.92. The van der Waals surface area contributed by atoms with E-state index in [4.69, 9.17) is 0 Å². The normalized spacial score (nSPS) is 20.3. The van der Waals surface area contributed by atoms with Crippen LogP contribution in [0.2, 0.25) is 0 Å². The van der Waals surface area contributed by atoms with Gasteiger partial charge in [0.05, 0.1) is 17.6 Å². The minimum atomic E-state index is -3.26. The Hall–Kier alpha value is -1.27. The Morgan fingerprint density at radius 1 is 1.25 bits per heavy atom. The molecule has 6 heteroatoms. The predicted octanol–water partition coefficient (Wildman–Crippen LogP) is 1.95. The fourth-order valence-electron chi connectivity index (χ4n) is 2.49. The molecular weight excluding hydrogens is 274 g/mol. The van der Waals surface area contributed by atoms with E-state index in [1.165, 1.54) is 6.26 Å². The van der Waals surface area contributed by atoms with Gasteiger partial charge in [-0.15, -0.1) is 0 Å². The molecule has 5 nitrogen and oxygen atoms in total. The van der Waals surface area contributed by atoms with Gasteiger partial charge in [-0.25, -0.2) is 8.42 Å². The molecule has 0 bridgehead atoms. The maximum Gasteiger partial charge on any atom is 0.229 e. The van der Waals surface area contributed by atoms with E-state index in [0.29, 0.717) is 17.8 Å². The second-order valence-electron chi connectivity index (χ2n) is 5.64. The molecule has 1 saturated heterocycles. The van der Waals surface area contributed by atoms with Gasteiger partial charge in [0, 0.05) is 25.2 Å². The fraction of sp³-hybridized carbons (Fsp3) is 0.571. The number of hydrogen-bond acceptors (Lipinski definition) is 4. The van der Waals surface area contributed by atoms with Crippen molar-refractivity contribution in [3.63, 3.8) is 0 Å². The zero-order chi connectivity index (χ0) is 14.8. The maximum absolute atomic E-state index is 11.4. The number of rotatable bonds is 5. The van der Waals surface area contributed by atoms with E-state index in [2.05, 4.69) is 28.8 Å². The van der Waals surface area contributed by atoms with Gasteiger partial charge in [-0.2, -0.15) is 0 Å². The number of nitrogens with one attached hydrogen (secondary N) is 2. The lowest BCUT2D eigenvalue weighted by Gasteiger charge is -2.21. The molecule has 2 rings (SSSR count). The highest BCUT2D eigenvalue weighted by molar-refractivity contribution is 7.92. The van der Waals surface area contributed by atoms with Gasteiger partial charge in [0.15, 0.2) is 0 Å². The third-order valence-electron chi connectivity index (χ3n) is 3.53. The summed E-state index contributed by atoms with van der Waals surface area (Å²) in [6.07, 6.45) is 2.24. The van der Waals surface area contributed by atoms with E-state index in [9.17, 15) is 8.42 Å². The molecule has 0 spiro atoms. The Balaban J connectivity index is 2.07. The molecule has 20 heavy (non-hydrogen) atoms. The smallest absolute Gasteiger partial charge is 0.229 e. The first-order chi connectivity index (χ1) is 9.35. The van der Waals surface area contributed by atoms with Crippen LogP contribution in [0.25, 0.3) is 0 Å². The largest absolute Gasteiger partial charge is 0.379 e. The van der Waals surface area contributed by atoms with Gasteiger partial charge < -0.3 is 5.32 Å². The monoisotopic (exact) mass is 297 g/mol. The Morgan fingerprint density at radius 3 is 2.45 bits per heavy atom. The fourth-order valence-corrected chi connectivity index (χ4v) is 3.07. The molecule has 2 N–H and O–H groups in total. The van der Waals surface area contributed by atoms with Crippen LogP contribution in [0.3, 0.4) is 0 Å². The number of nitrogens with zero attached hydrogens (tertiary/aromatic N) is 1. The Morgan fingerprint density at radius 2 is 1.90 bits per heavy atom. The van der Waals surface area contributed by atoms with Crippen molar-refractivity contribution < 1.29 is 8.42 Å². The van der Waals surface area contributed by atoms with Crippen molar-refractivity contribution in [1.29, 1.82) is 0 Å². The van der Waals surface area contributed by atoms with Crippen molar-refractivity contribution in [2.45, 2.75) is 32.4 Å². The molecule has 1 heterocycles. The average molecular weight is 297 g/mol. The van der Waals surface area contributed by atoms with Gasteiger partial charge in [-0.1, -0.05) is 12.1 Å². The highest BCUT2D eigenvalue weighted by Crippen LogP contribution is 2.25. The minimum absolute atomic E-state index is 0.361. The molecule has 0 aliphatic carbocycles. The molecule has 1 unspecified atom stereocenters. The van der Waals surface area contributed by atoms with Gasteiger partial charge in [-0.05, 0) is 32.4 Å². The van der Waals surface area contributed by atoms with E-state index >= 15 is 0 Å². The van der Waals surface area contributed by atoms with Crippen LogP contribution < -0.4 is 10.0 Å². The highest BCUT2D eigenvalue weighted by atomic mass is 32.2. The van der Waals surface area contributed by atoms with Gasteiger partial charge in [0.1, 0.15) is 0 Å². The third kappa shape index (κ3) is 4.11. The van der Waals surface area contributed by atoms with Crippen molar-refractivity contribution >= 4 is 21.4 Å². The quantitative estimate of drug-likeness (QED) is 0.872. The second-order valence-corrected chi connectivity index (χ2v) is 7.39. The summed E-state index contributed by atoms with van der Waals surface area (Å²) in [6, 6.07) is 8.33. The second kappa shape index (κ2) is 6.01. The van der Waals surface area contributed by atoms with Crippen molar-refractivity contribution in [3.05, 3.63) is 24.3 Å². The zero-order valence-corrected chi connectivity index (χ0v) is 13.1. The lowest BCUT2D eigenvalue weighted by molar-refractivity contribution is 0.274. The van der Waals surface area contributed by atoms with E-state index in [1.807, 2.05) is 18.2 Å². The molecule has 1 aromatic rings. The van der Waals surface area contributed by atoms with E-state index in [-0.39, 0.29) is 0 Å². The molecule has 0 aromatic heterocycles. The first kappa shape index (κ1) is 15.1. The van der Waals surface area contributed by atoms with Crippen molar-refractivity contribution in [2.75, 3.05) is 29.4 Å². The zero-order valence-electron chi connectivity index (χ0n) is 12.3. The first-order valence-corrected chi connectivity index (χ1v) is 8.81. The molecule has 1 aromatic carbocycles. The predicted molar refractivity (Wildman–Crippen MR) is 83.6 cm³/mol. The summed E-state index contributed by atoms with van der Waals surface area (Å²) in [7, 11) is -3.26.